The van der Waals surface area contributed by atoms with Crippen LogP contribution in [0.4, 0.5) is 0 Å². The number of benzene rings is 3. The first-order chi connectivity index (χ1) is 18.4. The van der Waals surface area contributed by atoms with Crippen molar-refractivity contribution in [1.29, 1.82) is 0 Å². The minimum atomic E-state index is -1.51. The molecular formula is C27H21N2NaO8S. The van der Waals surface area contributed by atoms with E-state index < -0.39 is 11.8 Å². The van der Waals surface area contributed by atoms with Crippen molar-refractivity contribution >= 4 is 40.1 Å². The number of hydrogen-bond acceptors (Lipinski definition) is 11. The van der Waals surface area contributed by atoms with E-state index in [-0.39, 0.29) is 65.0 Å². The molecule has 10 nitrogen and oxygen atoms in total. The van der Waals surface area contributed by atoms with Gasteiger partial charge in [0.15, 0.2) is 28.8 Å². The Morgan fingerprint density at radius 2 is 1.54 bits per heavy atom. The number of carbonyl (C=O) groups is 2. The molecule has 0 N–H and O–H groups in total. The van der Waals surface area contributed by atoms with Crippen molar-refractivity contribution < 1.29 is 67.9 Å². The van der Waals surface area contributed by atoms with Crippen LogP contribution in [0.5, 0.6) is 28.7 Å². The van der Waals surface area contributed by atoms with Crippen molar-refractivity contribution in [2.45, 2.75) is 6.42 Å². The number of Topliss-reactive ketones (excluding diaryl/α,β-unsaturated/α-hetero) is 1. The van der Waals surface area contributed by atoms with E-state index in [2.05, 4.69) is 8.75 Å². The van der Waals surface area contributed by atoms with Crippen LogP contribution in [0.25, 0.3) is 16.6 Å². The Labute approximate surface area is 249 Å². The maximum absolute atomic E-state index is 14.0. The van der Waals surface area contributed by atoms with Gasteiger partial charge in [-0.15, -0.1) is 0 Å². The molecule has 0 atom stereocenters. The second-order valence-electron chi connectivity index (χ2n) is 8.22. The average Bonchev–Trinajstić information content (AvgIpc) is 3.60. The third-order valence-electron chi connectivity index (χ3n) is 6.06. The molecule has 0 unspecified atom stereocenters. The van der Waals surface area contributed by atoms with Gasteiger partial charge < -0.3 is 33.6 Å². The molecule has 3 aromatic carbocycles. The van der Waals surface area contributed by atoms with Crippen LogP contribution in [0, 0.1) is 0 Å². The summed E-state index contributed by atoms with van der Waals surface area (Å²) < 4.78 is 35.4. The number of carbonyl (C=O) groups excluding carboxylic acids is 2. The fourth-order valence-electron chi connectivity index (χ4n) is 4.29. The van der Waals surface area contributed by atoms with Gasteiger partial charge >= 0.3 is 29.6 Å². The molecule has 0 aliphatic carbocycles. The van der Waals surface area contributed by atoms with Crippen LogP contribution in [-0.4, -0.2) is 48.6 Å². The van der Waals surface area contributed by atoms with E-state index in [1.165, 1.54) is 27.4 Å². The quantitative estimate of drug-likeness (QED) is 0.159. The van der Waals surface area contributed by atoms with Gasteiger partial charge in [0.1, 0.15) is 11.0 Å². The summed E-state index contributed by atoms with van der Waals surface area (Å²) in [4.78, 5) is 26.6. The molecule has 4 aromatic rings. The van der Waals surface area contributed by atoms with Crippen molar-refractivity contribution in [3.05, 3.63) is 70.8 Å². The molecule has 0 spiro atoms. The number of fused-ring (bicyclic) bond motifs is 2. The van der Waals surface area contributed by atoms with Gasteiger partial charge in [0.05, 0.1) is 39.0 Å². The van der Waals surface area contributed by atoms with Gasteiger partial charge in [0, 0.05) is 23.1 Å². The van der Waals surface area contributed by atoms with Crippen LogP contribution in [0.2, 0.25) is 0 Å². The van der Waals surface area contributed by atoms with Crippen molar-refractivity contribution in [1.82, 2.24) is 8.75 Å². The maximum Gasteiger partial charge on any atom is 1.00 e. The molecule has 0 saturated carbocycles. The Morgan fingerprint density at radius 1 is 0.872 bits per heavy atom. The van der Waals surface area contributed by atoms with Crippen LogP contribution in [-0.2, 0) is 11.2 Å². The Hall–Kier alpha value is -3.64. The Balaban J connectivity index is 0.00000353. The molecule has 194 valence electrons. The van der Waals surface area contributed by atoms with Crippen LogP contribution in [0.1, 0.15) is 21.5 Å². The summed E-state index contributed by atoms with van der Waals surface area (Å²) in [6.07, 6.45) is -0.0827. The maximum atomic E-state index is 14.0. The number of ketones is 1. The first-order valence-electron chi connectivity index (χ1n) is 11.3. The zero-order valence-electron chi connectivity index (χ0n) is 21.6. The standard InChI is InChI=1S/C27H22N2O8S.Na/c1-33-22-9-14(10-23(34-2)26(22)35-3)8-17(25(30)16-5-7-20-21(12-16)37-13-36-20)24(27(31)32)15-4-6-18-19(11-15)29-38-28-18;/h4-7,9-12H,8,13H2,1-3H3,(H,31,32);/q;+1/p-1/b24-17-;. The molecule has 12 heteroatoms. The summed E-state index contributed by atoms with van der Waals surface area (Å²) in [5.41, 5.74) is 1.89. The van der Waals surface area contributed by atoms with Gasteiger partial charge in [-0.2, -0.15) is 8.75 Å². The van der Waals surface area contributed by atoms with Gasteiger partial charge in [-0.1, -0.05) is 6.07 Å². The van der Waals surface area contributed by atoms with Gasteiger partial charge in [-0.05, 0) is 53.6 Å². The van der Waals surface area contributed by atoms with E-state index in [4.69, 9.17) is 23.7 Å². The molecule has 0 fully saturated rings. The van der Waals surface area contributed by atoms with E-state index in [1.54, 1.807) is 42.5 Å². The number of methoxy groups -OCH3 is 3. The van der Waals surface area contributed by atoms with Gasteiger partial charge in [-0.3, -0.25) is 4.79 Å². The predicted octanol–water partition coefficient (Wildman–Crippen LogP) is 0.0789. The summed E-state index contributed by atoms with van der Waals surface area (Å²) in [6, 6.07) is 12.8. The van der Waals surface area contributed by atoms with E-state index >= 15 is 0 Å². The number of carboxylic acids is 1. The molecule has 1 aromatic heterocycles. The van der Waals surface area contributed by atoms with Gasteiger partial charge in [-0.25, -0.2) is 0 Å². The number of ether oxygens (including phenoxy) is 5. The predicted molar refractivity (Wildman–Crippen MR) is 136 cm³/mol. The van der Waals surface area contributed by atoms with E-state index in [0.29, 0.717) is 45.3 Å². The van der Waals surface area contributed by atoms with Crippen LogP contribution in [0.3, 0.4) is 0 Å². The minimum absolute atomic E-state index is 0. The number of allylic oxidation sites excluding steroid dienone is 1. The van der Waals surface area contributed by atoms with Crippen LogP contribution in [0.15, 0.2) is 54.1 Å². The van der Waals surface area contributed by atoms with E-state index in [1.807, 2.05) is 0 Å². The normalized spacial score (nSPS) is 12.4. The van der Waals surface area contributed by atoms with Crippen molar-refractivity contribution in [3.8, 4) is 28.7 Å². The smallest absolute Gasteiger partial charge is 0.545 e. The summed E-state index contributed by atoms with van der Waals surface area (Å²) in [7, 11) is 4.42. The van der Waals surface area contributed by atoms with Crippen LogP contribution < -0.4 is 58.3 Å². The molecule has 0 saturated heterocycles. The second kappa shape index (κ2) is 12.0. The molecule has 0 amide bonds. The number of aromatic nitrogens is 2. The first kappa shape index (κ1) is 28.4. The molecule has 5 rings (SSSR count). The fourth-order valence-corrected chi connectivity index (χ4v) is 4.81. The zero-order valence-corrected chi connectivity index (χ0v) is 24.4. The number of hydrogen-bond donors (Lipinski definition) is 0. The topological polar surface area (TPSA) is 129 Å². The molecule has 0 radical (unpaired) electrons. The SMILES string of the molecule is COc1cc(C/C(C(=O)c2ccc3c(c2)OCO3)=C(/C(=O)[O-])c2ccc3nsnc3c2)cc(OC)c1OC.[Na+]. The first-order valence-corrected chi connectivity index (χ1v) is 12.1. The van der Waals surface area contributed by atoms with Gasteiger partial charge in [0.25, 0.3) is 0 Å². The monoisotopic (exact) mass is 556 g/mol. The summed E-state index contributed by atoms with van der Waals surface area (Å²) in [6.45, 7) is 0.0348. The molecule has 0 bridgehead atoms. The summed E-state index contributed by atoms with van der Waals surface area (Å²) in [5, 5.41) is 12.6. The number of nitrogens with zero attached hydrogens (tertiary/aromatic N) is 2. The Kier molecular flexibility index (Phi) is 8.76. The average molecular weight is 557 g/mol. The fraction of sp³-hybridized carbons (Fsp3) is 0.185. The molecule has 2 heterocycles. The third-order valence-corrected chi connectivity index (χ3v) is 6.62. The third kappa shape index (κ3) is 5.57. The van der Waals surface area contributed by atoms with Crippen molar-refractivity contribution in [2.75, 3.05) is 28.1 Å². The van der Waals surface area contributed by atoms with Crippen molar-refractivity contribution in [2.24, 2.45) is 0 Å². The molecule has 39 heavy (non-hydrogen) atoms. The number of aliphatic carboxylic acids is 1. The largest absolute Gasteiger partial charge is 1.00 e. The van der Waals surface area contributed by atoms with Crippen LogP contribution >= 0.6 is 11.7 Å². The minimum Gasteiger partial charge on any atom is -0.545 e. The number of rotatable bonds is 9. The summed E-state index contributed by atoms with van der Waals surface area (Å²) in [5.74, 6) is -0.0422. The summed E-state index contributed by atoms with van der Waals surface area (Å²) >= 11 is 1.01. The second-order valence-corrected chi connectivity index (χ2v) is 8.74. The zero-order chi connectivity index (χ0) is 26.8. The van der Waals surface area contributed by atoms with E-state index in [0.717, 1.165) is 11.7 Å². The molecule has 1 aliphatic heterocycles. The van der Waals surface area contributed by atoms with E-state index in [9.17, 15) is 14.7 Å². The number of carboxylic acid groups (broad SMARTS) is 1. The Morgan fingerprint density at radius 3 is 2.21 bits per heavy atom. The Bertz CT molecular complexity index is 1570. The molecular weight excluding hydrogens is 535 g/mol. The van der Waals surface area contributed by atoms with Crippen molar-refractivity contribution in [3.63, 3.8) is 0 Å². The van der Waals surface area contributed by atoms with Gasteiger partial charge in [0.2, 0.25) is 12.5 Å². The molecule has 1 aliphatic rings.